The van der Waals surface area contributed by atoms with Gasteiger partial charge in [0, 0.05) is 5.92 Å². The number of carbonyl (C=O) groups excluding carboxylic acids is 1. The molecule has 3 nitrogen and oxygen atoms in total. The van der Waals surface area contributed by atoms with E-state index in [-0.39, 0.29) is 0 Å². The fourth-order valence-corrected chi connectivity index (χ4v) is 2.94. The lowest BCUT2D eigenvalue weighted by molar-refractivity contribution is -0.123. The molecule has 1 aliphatic carbocycles. The first kappa shape index (κ1) is 10.6. The first-order chi connectivity index (χ1) is 8.34. The Hall–Kier alpha value is -1.51. The summed E-state index contributed by atoms with van der Waals surface area (Å²) < 4.78 is 5.90. The van der Waals surface area contributed by atoms with Crippen molar-refractivity contribution in [2.24, 2.45) is 5.92 Å². The molecule has 1 saturated carbocycles. The van der Waals surface area contributed by atoms with Gasteiger partial charge in [0.15, 0.2) is 6.29 Å². The van der Waals surface area contributed by atoms with Gasteiger partial charge in [-0.1, -0.05) is 31.4 Å². The van der Waals surface area contributed by atoms with Crippen molar-refractivity contribution >= 4 is 12.0 Å². The molecule has 1 N–H and O–H groups in total. The van der Waals surface area contributed by atoms with Crippen LogP contribution in [0.25, 0.3) is 0 Å². The maximum absolute atomic E-state index is 11.5. The van der Waals surface area contributed by atoms with E-state index in [4.69, 9.17) is 4.74 Å². The van der Waals surface area contributed by atoms with Crippen LogP contribution in [0.4, 0.5) is 5.69 Å². The van der Waals surface area contributed by atoms with Gasteiger partial charge in [0.2, 0.25) is 5.72 Å². The number of nitrogens with one attached hydrogen (secondary N) is 1. The first-order valence-electron chi connectivity index (χ1n) is 6.37. The molecule has 1 fully saturated rings. The van der Waals surface area contributed by atoms with E-state index in [1.54, 1.807) is 0 Å². The number of hydrogen-bond donors (Lipinski definition) is 1. The molecule has 1 aliphatic heterocycles. The molecule has 0 saturated heterocycles. The number of hydrogen-bond acceptors (Lipinski definition) is 3. The number of ether oxygens (including phenoxy) is 1. The Morgan fingerprint density at radius 2 is 2.00 bits per heavy atom. The highest BCUT2D eigenvalue weighted by Crippen LogP contribution is 2.43. The Kier molecular flexibility index (Phi) is 2.54. The number of aldehydes is 1. The van der Waals surface area contributed by atoms with Gasteiger partial charge in [0.25, 0.3) is 0 Å². The number of anilines is 1. The summed E-state index contributed by atoms with van der Waals surface area (Å²) in [6.45, 7) is 0. The Morgan fingerprint density at radius 1 is 1.24 bits per heavy atom. The van der Waals surface area contributed by atoms with Gasteiger partial charge in [-0.3, -0.25) is 4.79 Å². The van der Waals surface area contributed by atoms with E-state index in [0.717, 1.165) is 30.6 Å². The van der Waals surface area contributed by atoms with Crippen molar-refractivity contribution in [3.8, 4) is 5.75 Å². The second-order valence-corrected chi connectivity index (χ2v) is 4.97. The summed E-state index contributed by atoms with van der Waals surface area (Å²) in [5, 5.41) is 3.28. The van der Waals surface area contributed by atoms with E-state index in [1.165, 1.54) is 19.3 Å². The van der Waals surface area contributed by atoms with Crippen LogP contribution in [-0.4, -0.2) is 12.0 Å². The van der Waals surface area contributed by atoms with Crippen LogP contribution < -0.4 is 10.1 Å². The molecular formula is C14H17NO2. The van der Waals surface area contributed by atoms with Crippen molar-refractivity contribution < 1.29 is 9.53 Å². The Balaban J connectivity index is 1.88. The summed E-state index contributed by atoms with van der Waals surface area (Å²) in [5.74, 6) is 1.09. The van der Waals surface area contributed by atoms with Gasteiger partial charge >= 0.3 is 0 Å². The molecule has 1 unspecified atom stereocenters. The largest absolute Gasteiger partial charge is 0.459 e. The van der Waals surface area contributed by atoms with E-state index in [9.17, 15) is 4.79 Å². The second kappa shape index (κ2) is 4.06. The Bertz CT molecular complexity index is 399. The first-order valence-corrected chi connectivity index (χ1v) is 6.37. The van der Waals surface area contributed by atoms with Gasteiger partial charge in [0.05, 0.1) is 5.69 Å². The van der Waals surface area contributed by atoms with Gasteiger partial charge in [-0.15, -0.1) is 0 Å². The number of benzene rings is 1. The molecule has 0 amide bonds. The summed E-state index contributed by atoms with van der Waals surface area (Å²) in [7, 11) is 0. The average Bonchev–Trinajstić information content (AvgIpc) is 2.79. The van der Waals surface area contributed by atoms with Gasteiger partial charge in [-0.25, -0.2) is 0 Å². The van der Waals surface area contributed by atoms with Crippen LogP contribution in [0.15, 0.2) is 24.3 Å². The smallest absolute Gasteiger partial charge is 0.239 e. The fraction of sp³-hybridized carbons (Fsp3) is 0.500. The summed E-state index contributed by atoms with van der Waals surface area (Å²) in [6, 6.07) is 7.76. The summed E-state index contributed by atoms with van der Waals surface area (Å²) in [4.78, 5) is 11.5. The Morgan fingerprint density at radius 3 is 2.71 bits per heavy atom. The zero-order chi connectivity index (χ0) is 11.7. The van der Waals surface area contributed by atoms with Crippen molar-refractivity contribution in [1.29, 1.82) is 0 Å². The predicted octanol–water partition coefficient (Wildman–Crippen LogP) is 2.97. The molecule has 0 spiro atoms. The Labute approximate surface area is 101 Å². The molecule has 0 bridgehead atoms. The predicted molar refractivity (Wildman–Crippen MR) is 66.1 cm³/mol. The topological polar surface area (TPSA) is 38.3 Å². The van der Waals surface area contributed by atoms with Crippen molar-refractivity contribution in [2.45, 2.75) is 37.8 Å². The summed E-state index contributed by atoms with van der Waals surface area (Å²) in [5.41, 5.74) is 0.120. The molecule has 3 rings (SSSR count). The van der Waals surface area contributed by atoms with Crippen LogP contribution in [-0.2, 0) is 4.79 Å². The highest BCUT2D eigenvalue weighted by atomic mass is 16.5. The zero-order valence-electron chi connectivity index (χ0n) is 9.82. The number of fused-ring (bicyclic) bond motifs is 1. The molecule has 17 heavy (non-hydrogen) atoms. The third-order valence-electron chi connectivity index (χ3n) is 3.88. The molecule has 1 aromatic carbocycles. The van der Waals surface area contributed by atoms with Gasteiger partial charge < -0.3 is 10.1 Å². The molecule has 0 radical (unpaired) electrons. The quantitative estimate of drug-likeness (QED) is 0.795. The molecule has 1 heterocycles. The number of rotatable bonds is 2. The number of para-hydroxylation sites is 2. The number of carbonyl (C=O) groups is 1. The van der Waals surface area contributed by atoms with Crippen LogP contribution >= 0.6 is 0 Å². The lowest BCUT2D eigenvalue weighted by atomic mass is 9.82. The van der Waals surface area contributed by atoms with E-state index >= 15 is 0 Å². The maximum Gasteiger partial charge on any atom is 0.239 e. The highest BCUT2D eigenvalue weighted by molar-refractivity contribution is 5.76. The van der Waals surface area contributed by atoms with Crippen LogP contribution in [0.2, 0.25) is 0 Å². The second-order valence-electron chi connectivity index (χ2n) is 4.97. The standard InChI is InChI=1S/C14H17NO2/c16-10-14(11-6-2-1-3-7-11)15-12-8-4-5-9-13(12)17-14/h4-5,8-11,15H,1-3,6-7H2. The molecule has 0 aromatic heterocycles. The zero-order valence-corrected chi connectivity index (χ0v) is 9.82. The van der Waals surface area contributed by atoms with Crippen molar-refractivity contribution in [3.05, 3.63) is 24.3 Å². The van der Waals surface area contributed by atoms with Crippen molar-refractivity contribution in [2.75, 3.05) is 5.32 Å². The fourth-order valence-electron chi connectivity index (χ4n) is 2.94. The van der Waals surface area contributed by atoms with E-state index in [1.807, 2.05) is 24.3 Å². The molecule has 2 aliphatic rings. The molecule has 3 heteroatoms. The van der Waals surface area contributed by atoms with E-state index in [2.05, 4.69) is 5.32 Å². The SMILES string of the molecule is O=CC1(C2CCCCC2)Nc2ccccc2O1. The lowest BCUT2D eigenvalue weighted by Gasteiger charge is -2.34. The lowest BCUT2D eigenvalue weighted by Crippen LogP contribution is -2.50. The normalized spacial score (nSPS) is 28.0. The molecule has 90 valence electrons. The van der Waals surface area contributed by atoms with E-state index in [0.29, 0.717) is 5.92 Å². The van der Waals surface area contributed by atoms with Gasteiger partial charge in [-0.05, 0) is 25.0 Å². The van der Waals surface area contributed by atoms with Crippen LogP contribution in [0.5, 0.6) is 5.75 Å². The highest BCUT2D eigenvalue weighted by Gasteiger charge is 2.45. The molecule has 1 atom stereocenters. The average molecular weight is 231 g/mol. The van der Waals surface area contributed by atoms with E-state index < -0.39 is 5.72 Å². The minimum absolute atomic E-state index is 0.293. The molecular weight excluding hydrogens is 214 g/mol. The summed E-state index contributed by atoms with van der Waals surface area (Å²) in [6.07, 6.45) is 6.75. The third-order valence-corrected chi connectivity index (χ3v) is 3.88. The van der Waals surface area contributed by atoms with Crippen molar-refractivity contribution in [3.63, 3.8) is 0 Å². The van der Waals surface area contributed by atoms with Crippen LogP contribution in [0, 0.1) is 5.92 Å². The minimum atomic E-state index is -0.815. The summed E-state index contributed by atoms with van der Waals surface area (Å²) >= 11 is 0. The van der Waals surface area contributed by atoms with Crippen LogP contribution in [0.3, 0.4) is 0 Å². The molecule has 1 aromatic rings. The van der Waals surface area contributed by atoms with Gasteiger partial charge in [0.1, 0.15) is 5.75 Å². The van der Waals surface area contributed by atoms with Crippen molar-refractivity contribution in [1.82, 2.24) is 0 Å². The minimum Gasteiger partial charge on any atom is -0.459 e. The third kappa shape index (κ3) is 1.70. The van der Waals surface area contributed by atoms with Crippen LogP contribution in [0.1, 0.15) is 32.1 Å². The monoisotopic (exact) mass is 231 g/mol. The maximum atomic E-state index is 11.5. The van der Waals surface area contributed by atoms with Gasteiger partial charge in [-0.2, -0.15) is 0 Å².